The third kappa shape index (κ3) is 17.5. The first kappa shape index (κ1) is 84.2. The minimum Gasteiger partial charge on any atom is -0.394 e. The lowest BCUT2D eigenvalue weighted by Gasteiger charge is -2.50. The number of ether oxygens (including phenoxy) is 19. The van der Waals surface area contributed by atoms with E-state index in [9.17, 15) is 133 Å². The minimum atomic E-state index is -2.49. The highest BCUT2D eigenvalue weighted by Crippen LogP contribution is 2.40. The molecule has 9 aliphatic heterocycles. The number of hydrogen-bond donors (Lipinski definition) is 26. The van der Waals surface area contributed by atoms with Gasteiger partial charge in [0.2, 0.25) is 0 Å². The Balaban J connectivity index is 0.980. The van der Waals surface area contributed by atoms with Crippen LogP contribution in [0, 0.1) is 0 Å². The average molecular weight is 1500 g/mol. The molecule has 26 N–H and O–H groups in total. The van der Waals surface area contributed by atoms with Gasteiger partial charge in [0.25, 0.3) is 0 Å². The number of aliphatic hydroxyl groups is 26. The summed E-state index contributed by atoms with van der Waals surface area (Å²) in [4.78, 5) is 0. The molecule has 18 unspecified atom stereocenters. The van der Waals surface area contributed by atoms with Crippen LogP contribution >= 0.6 is 0 Å². The van der Waals surface area contributed by atoms with E-state index in [0.717, 1.165) is 7.11 Å². The quantitative estimate of drug-likeness (QED) is 0.0363. The third-order valence-electron chi connectivity index (χ3n) is 19.4. The molecule has 45 heteroatoms. The van der Waals surface area contributed by atoms with Crippen molar-refractivity contribution in [3.63, 3.8) is 0 Å². The summed E-state index contributed by atoms with van der Waals surface area (Å²) in [5, 5.41) is 288. The van der Waals surface area contributed by atoms with Gasteiger partial charge in [-0.25, -0.2) is 0 Å². The van der Waals surface area contributed by atoms with Crippen LogP contribution in [0.3, 0.4) is 0 Å². The lowest BCUT2D eigenvalue weighted by atomic mass is 9.94. The Hall–Kier alpha value is -1.80. The molecule has 0 radical (unpaired) electrons. The van der Waals surface area contributed by atoms with Crippen LogP contribution in [0.5, 0.6) is 0 Å². The van der Waals surface area contributed by atoms with E-state index in [1.54, 1.807) is 0 Å². The van der Waals surface area contributed by atoms with Gasteiger partial charge in [0.05, 0.1) is 65.6 Å². The Labute approximate surface area is 578 Å². The van der Waals surface area contributed by atoms with Crippen LogP contribution in [0.25, 0.3) is 0 Å². The molecule has 0 aromatic carbocycles. The lowest BCUT2D eigenvalue weighted by molar-refractivity contribution is -0.400. The molecule has 9 fully saturated rings. The summed E-state index contributed by atoms with van der Waals surface area (Å²) in [5.74, 6) is 0. The number of aliphatic hydroxyl groups excluding tert-OH is 26. The Morgan fingerprint density at radius 1 is 0.216 bits per heavy atom. The fourth-order valence-corrected chi connectivity index (χ4v) is 13.4. The SMILES string of the molecule is COCC1O[C@@H](O[C@@H]2C(O)[C@H](O[C@@H]3C(O)[C@H](O[C@@H]4C(O)[C@H](O[C@@H]5C(O)[C@H](O[C@@H]6C(O)[C@H](C)OC(CO)[C@@H]6O)OC(CO)[C@@H]5O)OC(CO[C@@H]5OC(CO)[C@H](O)[C@H](O[C@@H]6OC(CO)[C@H](O)[C@H](O[C@@H]7OC(CO)[C@H](O)[C@H](O)C7O)C6O)C5O)[C@@H]4O)OC(CO)[C@@H]3O)OC(CO)[C@@H]2O)C(O)[C@@H](OC)[C@H]1O. The molecule has 0 spiro atoms. The van der Waals surface area contributed by atoms with Gasteiger partial charge in [-0.3, -0.25) is 0 Å². The predicted octanol–water partition coefficient (Wildman–Crippen LogP) is -18.2. The van der Waals surface area contributed by atoms with Crippen molar-refractivity contribution in [1.29, 1.82) is 0 Å². The fraction of sp³-hybridized carbons (Fsp3) is 1.00. The van der Waals surface area contributed by atoms with E-state index in [1.165, 1.54) is 14.0 Å². The maximum absolute atomic E-state index is 12.3. The minimum absolute atomic E-state index is 0.286. The topological polar surface area (TPSA) is 701 Å². The van der Waals surface area contributed by atoms with Crippen LogP contribution < -0.4 is 0 Å². The van der Waals surface area contributed by atoms with E-state index in [1.807, 2.05) is 0 Å². The molecule has 0 saturated carbocycles. The van der Waals surface area contributed by atoms with Crippen LogP contribution in [-0.2, 0) is 90.0 Å². The van der Waals surface area contributed by atoms with Gasteiger partial charge in [-0.15, -0.1) is 0 Å². The second-order valence-corrected chi connectivity index (χ2v) is 26.0. The van der Waals surface area contributed by atoms with Crippen molar-refractivity contribution in [3.05, 3.63) is 0 Å². The molecule has 0 aromatic heterocycles. The standard InChI is InChI=1S/C57H98O45/c1-13-23(65)43(25(67)15(5-59)87-13)96-53-38(80)48(30(72)18(8-62)90-53)101-57-41(83)49(102-56-40(82)47(29(71)20(10-64)93-56)100-55-39(81)46(28(70)19(9-63)92-55)99-52-35(77)42(85-3)31(73)21(94-52)11-84-2)32(74)22(95-57)12-86-50-36(78)44(26(68)16(6-60)88-50)98-54-37(79)45(27(69)17(7-61)91-54)97-51-34(76)33(75)24(66)14(4-58)89-51/h13-83H,4-12H2,1-3H3/t13-,14?,15?,16?,17?,18?,19?,20?,21?,22?,23?,24-,25-,26-,27-,28-,29-,30-,31-,32-,33-,34?,35?,36?,37?,38?,39?,40?,41?,42-,43+,44-,45-,46-,47-,48-,49-,50+,51-,52-,53-,54-,55-,56-,57-/m0/s1. The van der Waals surface area contributed by atoms with E-state index in [4.69, 9.17) is 90.0 Å². The van der Waals surface area contributed by atoms with Gasteiger partial charge >= 0.3 is 0 Å². The first-order chi connectivity index (χ1) is 48.5. The maximum Gasteiger partial charge on any atom is 0.187 e. The molecule has 0 bridgehead atoms. The van der Waals surface area contributed by atoms with Crippen LogP contribution in [0.15, 0.2) is 0 Å². The third-order valence-corrected chi connectivity index (χ3v) is 19.4. The Morgan fingerprint density at radius 2 is 0.431 bits per heavy atom. The zero-order valence-electron chi connectivity index (χ0n) is 54.7. The van der Waals surface area contributed by atoms with Gasteiger partial charge in [-0.05, 0) is 6.92 Å². The summed E-state index contributed by atoms with van der Waals surface area (Å²) < 4.78 is 108. The molecule has 9 rings (SSSR count). The average Bonchev–Trinajstić information content (AvgIpc) is 0.776. The summed E-state index contributed by atoms with van der Waals surface area (Å²) in [7, 11) is 2.41. The molecule has 45 nitrogen and oxygen atoms in total. The van der Waals surface area contributed by atoms with E-state index in [2.05, 4.69) is 0 Å². The van der Waals surface area contributed by atoms with Gasteiger partial charge in [-0.1, -0.05) is 0 Å². The summed E-state index contributed by atoms with van der Waals surface area (Å²) in [5.41, 5.74) is 0. The van der Waals surface area contributed by atoms with E-state index < -0.39 is 329 Å². The summed E-state index contributed by atoms with van der Waals surface area (Å²) in [6.45, 7) is -7.23. The van der Waals surface area contributed by atoms with Crippen molar-refractivity contribution in [1.82, 2.24) is 0 Å². The zero-order chi connectivity index (χ0) is 74.8. The number of methoxy groups -OCH3 is 2. The first-order valence-electron chi connectivity index (χ1n) is 32.8. The predicted molar refractivity (Wildman–Crippen MR) is 310 cm³/mol. The molecule has 102 heavy (non-hydrogen) atoms. The van der Waals surface area contributed by atoms with Crippen LogP contribution in [0.4, 0.5) is 0 Å². The van der Waals surface area contributed by atoms with Gasteiger partial charge in [-0.2, -0.15) is 0 Å². The second-order valence-electron chi connectivity index (χ2n) is 26.0. The number of hydrogen-bond acceptors (Lipinski definition) is 45. The van der Waals surface area contributed by atoms with E-state index in [0.29, 0.717) is 0 Å². The van der Waals surface area contributed by atoms with Crippen molar-refractivity contribution in [3.8, 4) is 0 Å². The van der Waals surface area contributed by atoms with E-state index in [-0.39, 0.29) is 6.61 Å². The van der Waals surface area contributed by atoms with Crippen molar-refractivity contribution < 1.29 is 223 Å². The molecular weight excluding hydrogens is 1400 g/mol. The van der Waals surface area contributed by atoms with Crippen molar-refractivity contribution in [2.24, 2.45) is 0 Å². The van der Waals surface area contributed by atoms with Gasteiger partial charge in [0, 0.05) is 14.2 Å². The van der Waals surface area contributed by atoms with Crippen molar-refractivity contribution in [2.75, 3.05) is 73.7 Å². The lowest BCUT2D eigenvalue weighted by Crippen LogP contribution is -2.69. The smallest absolute Gasteiger partial charge is 0.187 e. The Kier molecular flexibility index (Phi) is 30.4. The molecule has 45 atom stereocenters. The molecule has 9 aliphatic rings. The van der Waals surface area contributed by atoms with Crippen LogP contribution in [0.2, 0.25) is 0 Å². The molecule has 596 valence electrons. The molecule has 9 saturated heterocycles. The largest absolute Gasteiger partial charge is 0.394 e. The van der Waals surface area contributed by atoms with Gasteiger partial charge < -0.3 is 223 Å². The highest BCUT2D eigenvalue weighted by Gasteiger charge is 2.60. The summed E-state index contributed by atoms with van der Waals surface area (Å²) >= 11 is 0. The van der Waals surface area contributed by atoms with E-state index >= 15 is 0 Å². The first-order valence-corrected chi connectivity index (χ1v) is 32.8. The van der Waals surface area contributed by atoms with Gasteiger partial charge in [0.15, 0.2) is 50.3 Å². The number of rotatable bonds is 27. The maximum atomic E-state index is 12.3. The Bertz CT molecular complexity index is 2490. The monoisotopic (exact) mass is 1500 g/mol. The van der Waals surface area contributed by atoms with Crippen molar-refractivity contribution in [2.45, 2.75) is 283 Å². The molecular formula is C57H98O45. The zero-order valence-corrected chi connectivity index (χ0v) is 54.7. The van der Waals surface area contributed by atoms with Crippen LogP contribution in [-0.4, -0.2) is 483 Å². The normalized spacial score (nSPS) is 52.9. The van der Waals surface area contributed by atoms with Gasteiger partial charge in [0.1, 0.15) is 220 Å². The Morgan fingerprint density at radius 3 is 0.725 bits per heavy atom. The van der Waals surface area contributed by atoms with Crippen molar-refractivity contribution >= 4 is 0 Å². The summed E-state index contributed by atoms with van der Waals surface area (Å²) in [6, 6.07) is 0. The summed E-state index contributed by atoms with van der Waals surface area (Å²) in [6.07, 6.45) is -89.1. The highest BCUT2D eigenvalue weighted by molar-refractivity contribution is 5.03. The second kappa shape index (κ2) is 36.8. The van der Waals surface area contributed by atoms with Crippen LogP contribution in [0.1, 0.15) is 6.92 Å². The molecule has 0 amide bonds. The highest BCUT2D eigenvalue weighted by atomic mass is 16.8. The molecule has 9 heterocycles. The molecule has 0 aliphatic carbocycles. The molecule has 0 aromatic rings. The fourth-order valence-electron chi connectivity index (χ4n) is 13.4.